The van der Waals surface area contributed by atoms with Crippen LogP contribution >= 0.6 is 0 Å². The molecule has 4 nitrogen and oxygen atoms in total. The molecule has 0 aliphatic rings. The topological polar surface area (TPSA) is 69.9 Å². The van der Waals surface area contributed by atoms with Gasteiger partial charge in [-0.3, -0.25) is 0 Å². The Balaban J connectivity index is 0.000000671. The number of ether oxygens (including phenoxy) is 1. The highest BCUT2D eigenvalue weighted by atomic mass is 16.5. The number of methoxy groups -OCH3 is 1. The molecule has 3 N–H and O–H groups in total. The molecule has 0 radical (unpaired) electrons. The zero-order chi connectivity index (χ0) is 10.3. The molecule has 0 bridgehead atoms. The van der Waals surface area contributed by atoms with E-state index < -0.39 is 7.12 Å². The van der Waals surface area contributed by atoms with Crippen LogP contribution in [-0.2, 0) is 0 Å². The lowest BCUT2D eigenvalue weighted by Crippen LogP contribution is -2.29. The summed E-state index contributed by atoms with van der Waals surface area (Å²) in [5.74, 6) is 0.621. The monoisotopic (exact) mass is 184 g/mol. The molecule has 1 aromatic rings. The lowest BCUT2D eigenvalue weighted by atomic mass is 9.80. The van der Waals surface area contributed by atoms with Crippen molar-refractivity contribution in [3.8, 4) is 5.75 Å². The zero-order valence-corrected chi connectivity index (χ0v) is 7.64. The lowest BCUT2D eigenvalue weighted by molar-refractivity contribution is 0.399. The van der Waals surface area contributed by atoms with Crippen LogP contribution in [0.3, 0.4) is 0 Å². The van der Waals surface area contributed by atoms with Crippen molar-refractivity contribution in [2.75, 3.05) is 14.2 Å². The van der Waals surface area contributed by atoms with E-state index >= 15 is 0 Å². The normalized spacial score (nSPS) is 8.38. The Morgan fingerprint density at radius 1 is 1.23 bits per heavy atom. The van der Waals surface area contributed by atoms with Crippen LogP contribution in [0.5, 0.6) is 5.75 Å². The number of aliphatic hydroxyl groups is 1. The molecule has 0 aromatic heterocycles. The maximum absolute atomic E-state index is 8.74. The molecule has 0 saturated carbocycles. The molecule has 0 atom stereocenters. The summed E-state index contributed by atoms with van der Waals surface area (Å²) < 4.78 is 4.88. The fourth-order valence-electron chi connectivity index (χ4n) is 0.802. The third-order valence-corrected chi connectivity index (χ3v) is 1.39. The lowest BCUT2D eigenvalue weighted by Gasteiger charge is -2.01. The van der Waals surface area contributed by atoms with Crippen LogP contribution in [0.25, 0.3) is 0 Å². The molecule has 0 unspecified atom stereocenters. The van der Waals surface area contributed by atoms with Gasteiger partial charge in [-0.2, -0.15) is 0 Å². The third kappa shape index (κ3) is 3.94. The Hall–Kier alpha value is -1.04. The second kappa shape index (κ2) is 6.48. The molecule has 0 fully saturated rings. The third-order valence-electron chi connectivity index (χ3n) is 1.39. The van der Waals surface area contributed by atoms with Crippen LogP contribution in [0.4, 0.5) is 0 Å². The van der Waals surface area contributed by atoms with Crippen molar-refractivity contribution in [1.82, 2.24) is 0 Å². The highest BCUT2D eigenvalue weighted by molar-refractivity contribution is 6.58. The fraction of sp³-hybridized carbons (Fsp3) is 0.250. The fourth-order valence-corrected chi connectivity index (χ4v) is 0.802. The number of hydrogen-bond donors (Lipinski definition) is 3. The van der Waals surface area contributed by atoms with Gasteiger partial charge in [0.25, 0.3) is 0 Å². The highest BCUT2D eigenvalue weighted by Gasteiger charge is 2.10. The molecule has 0 aliphatic carbocycles. The molecule has 0 aliphatic heterocycles. The summed E-state index contributed by atoms with van der Waals surface area (Å²) in [4.78, 5) is 0. The Kier molecular flexibility index (Phi) is 5.96. The summed E-state index contributed by atoms with van der Waals surface area (Å²) in [6.07, 6.45) is 0. The summed E-state index contributed by atoms with van der Waals surface area (Å²) >= 11 is 0. The molecule has 1 rings (SSSR count). The van der Waals surface area contributed by atoms with E-state index in [2.05, 4.69) is 0 Å². The van der Waals surface area contributed by atoms with Crippen LogP contribution in [0, 0.1) is 0 Å². The maximum Gasteiger partial charge on any atom is 0.488 e. The van der Waals surface area contributed by atoms with Crippen molar-refractivity contribution >= 4 is 12.6 Å². The van der Waals surface area contributed by atoms with Crippen molar-refractivity contribution in [1.29, 1.82) is 0 Å². The summed E-state index contributed by atoms with van der Waals surface area (Å²) in [7, 11) is 1.10. The molecule has 0 amide bonds. The molecule has 1 aromatic carbocycles. The minimum atomic E-state index is -1.43. The predicted molar refractivity (Wildman–Crippen MR) is 51.0 cm³/mol. The first-order chi connectivity index (χ1) is 6.24. The second-order valence-electron chi connectivity index (χ2n) is 2.15. The summed E-state index contributed by atoms with van der Waals surface area (Å²) in [5.41, 5.74) is 0.435. The van der Waals surface area contributed by atoms with E-state index in [4.69, 9.17) is 19.9 Å². The van der Waals surface area contributed by atoms with Crippen molar-refractivity contribution in [3.05, 3.63) is 24.3 Å². The van der Waals surface area contributed by atoms with Gasteiger partial charge < -0.3 is 19.9 Å². The molecule has 0 saturated heterocycles. The van der Waals surface area contributed by atoms with Crippen LogP contribution in [0.2, 0.25) is 0 Å². The molecular weight excluding hydrogens is 171 g/mol. The Morgan fingerprint density at radius 2 is 1.85 bits per heavy atom. The van der Waals surface area contributed by atoms with Gasteiger partial charge in [0, 0.05) is 7.11 Å². The SMILES string of the molecule is CO.COc1cccc(B(O)O)c1. The van der Waals surface area contributed by atoms with E-state index in [0.717, 1.165) is 7.11 Å². The van der Waals surface area contributed by atoms with E-state index in [1.807, 2.05) is 0 Å². The van der Waals surface area contributed by atoms with Crippen molar-refractivity contribution in [2.24, 2.45) is 0 Å². The van der Waals surface area contributed by atoms with Crippen LogP contribution < -0.4 is 10.2 Å². The van der Waals surface area contributed by atoms with Gasteiger partial charge >= 0.3 is 7.12 Å². The first kappa shape index (κ1) is 12.0. The van der Waals surface area contributed by atoms with Gasteiger partial charge in [-0.25, -0.2) is 0 Å². The van der Waals surface area contributed by atoms with Gasteiger partial charge in [0.2, 0.25) is 0 Å². The van der Waals surface area contributed by atoms with Crippen LogP contribution in [0.1, 0.15) is 0 Å². The standard InChI is InChI=1S/C7H9BO3.CH4O/c1-11-7-4-2-3-6(5-7)8(9)10;1-2/h2-5,9-10H,1H3;2H,1H3. The minimum Gasteiger partial charge on any atom is -0.497 e. The zero-order valence-electron chi connectivity index (χ0n) is 7.64. The van der Waals surface area contributed by atoms with Gasteiger partial charge in [-0.15, -0.1) is 0 Å². The number of rotatable bonds is 2. The van der Waals surface area contributed by atoms with Gasteiger partial charge in [-0.1, -0.05) is 12.1 Å². The Bertz CT molecular complexity index is 239. The number of aliphatic hydroxyl groups excluding tert-OH is 1. The predicted octanol–water partition coefficient (Wildman–Crippen LogP) is -1.02. The van der Waals surface area contributed by atoms with Crippen LogP contribution in [0.15, 0.2) is 24.3 Å². The van der Waals surface area contributed by atoms with Gasteiger partial charge in [0.05, 0.1) is 7.11 Å². The molecule has 72 valence electrons. The van der Waals surface area contributed by atoms with Gasteiger partial charge in [0.1, 0.15) is 5.75 Å². The van der Waals surface area contributed by atoms with Crippen molar-refractivity contribution in [3.63, 3.8) is 0 Å². The smallest absolute Gasteiger partial charge is 0.488 e. The first-order valence-corrected chi connectivity index (χ1v) is 3.69. The highest BCUT2D eigenvalue weighted by Crippen LogP contribution is 2.05. The first-order valence-electron chi connectivity index (χ1n) is 3.69. The van der Waals surface area contributed by atoms with E-state index in [-0.39, 0.29) is 0 Å². The summed E-state index contributed by atoms with van der Waals surface area (Å²) in [6, 6.07) is 6.64. The molecule has 0 spiro atoms. The van der Waals surface area contributed by atoms with Crippen LogP contribution in [-0.4, -0.2) is 36.5 Å². The van der Waals surface area contributed by atoms with E-state index in [1.54, 1.807) is 24.3 Å². The van der Waals surface area contributed by atoms with Crippen molar-refractivity contribution < 1.29 is 19.9 Å². The Labute approximate surface area is 77.6 Å². The summed E-state index contributed by atoms with van der Waals surface area (Å²) in [6.45, 7) is 0. The van der Waals surface area contributed by atoms with E-state index in [9.17, 15) is 0 Å². The van der Waals surface area contributed by atoms with Crippen molar-refractivity contribution in [2.45, 2.75) is 0 Å². The average Bonchev–Trinajstić information content (AvgIpc) is 2.21. The van der Waals surface area contributed by atoms with E-state index in [1.165, 1.54) is 7.11 Å². The number of benzene rings is 1. The largest absolute Gasteiger partial charge is 0.497 e. The Morgan fingerprint density at radius 3 is 2.31 bits per heavy atom. The average molecular weight is 184 g/mol. The minimum absolute atomic E-state index is 0.435. The number of hydrogen-bond acceptors (Lipinski definition) is 4. The van der Waals surface area contributed by atoms with Gasteiger partial charge in [-0.05, 0) is 17.6 Å². The summed E-state index contributed by atoms with van der Waals surface area (Å²) in [5, 5.41) is 24.5. The quantitative estimate of drug-likeness (QED) is 0.514. The maximum atomic E-state index is 8.74. The van der Waals surface area contributed by atoms with Gasteiger partial charge in [0.15, 0.2) is 0 Å². The second-order valence-corrected chi connectivity index (χ2v) is 2.15. The van der Waals surface area contributed by atoms with E-state index in [0.29, 0.717) is 11.2 Å². The molecule has 5 heteroatoms. The molecule has 0 heterocycles. The molecule has 13 heavy (non-hydrogen) atoms. The molecular formula is C8H13BO4.